The number of unbranched alkanes of at least 4 members (excludes halogenated alkanes) is 1. The van der Waals surface area contributed by atoms with Gasteiger partial charge in [0.25, 0.3) is 0 Å². The molecule has 1 aliphatic rings. The SMILES string of the molecule is COc1cccc(OCCCCn2c(C3CC(=O)N(c4ccc(C)c(C)c4)C3)nc3ccccc32)c1. The Kier molecular flexibility index (Phi) is 6.94. The zero-order chi connectivity index (χ0) is 25.1. The lowest BCUT2D eigenvalue weighted by atomic mass is 10.1. The van der Waals surface area contributed by atoms with Crippen molar-refractivity contribution in [1.82, 2.24) is 9.55 Å². The van der Waals surface area contributed by atoms with Crippen molar-refractivity contribution in [3.63, 3.8) is 0 Å². The Morgan fingerprint density at radius 3 is 2.61 bits per heavy atom. The second kappa shape index (κ2) is 10.4. The van der Waals surface area contributed by atoms with Crippen molar-refractivity contribution in [1.29, 1.82) is 0 Å². The molecular formula is C30H33N3O3. The number of imidazole rings is 1. The minimum absolute atomic E-state index is 0.0690. The summed E-state index contributed by atoms with van der Waals surface area (Å²) >= 11 is 0. The van der Waals surface area contributed by atoms with Crippen molar-refractivity contribution in [3.05, 3.63) is 83.7 Å². The normalized spacial score (nSPS) is 15.6. The first-order valence-electron chi connectivity index (χ1n) is 12.6. The van der Waals surface area contributed by atoms with E-state index < -0.39 is 0 Å². The number of amides is 1. The van der Waals surface area contributed by atoms with Gasteiger partial charge in [0.15, 0.2) is 0 Å². The molecule has 4 aromatic rings. The van der Waals surface area contributed by atoms with E-state index in [2.05, 4.69) is 48.7 Å². The number of benzene rings is 3. The number of aryl methyl sites for hydroxylation is 3. The quantitative estimate of drug-likeness (QED) is 0.272. The number of anilines is 1. The first-order chi connectivity index (χ1) is 17.5. The van der Waals surface area contributed by atoms with Gasteiger partial charge in [0, 0.05) is 37.2 Å². The van der Waals surface area contributed by atoms with Gasteiger partial charge in [-0.15, -0.1) is 0 Å². The molecule has 1 atom stereocenters. The molecule has 3 aromatic carbocycles. The second-order valence-corrected chi connectivity index (χ2v) is 9.52. The van der Waals surface area contributed by atoms with Gasteiger partial charge < -0.3 is 18.9 Å². The fourth-order valence-electron chi connectivity index (χ4n) is 4.92. The molecule has 1 aliphatic heterocycles. The van der Waals surface area contributed by atoms with Gasteiger partial charge in [0.2, 0.25) is 5.91 Å². The summed E-state index contributed by atoms with van der Waals surface area (Å²) in [5, 5.41) is 0. The molecule has 1 amide bonds. The summed E-state index contributed by atoms with van der Waals surface area (Å²) < 4.78 is 13.5. The maximum atomic E-state index is 13.0. The Labute approximate surface area is 212 Å². The molecule has 6 heteroatoms. The van der Waals surface area contributed by atoms with E-state index in [0.717, 1.165) is 53.4 Å². The highest BCUT2D eigenvalue weighted by atomic mass is 16.5. The summed E-state index contributed by atoms with van der Waals surface area (Å²) in [6.07, 6.45) is 2.36. The number of rotatable bonds is 9. The Morgan fingerprint density at radius 1 is 0.944 bits per heavy atom. The first kappa shape index (κ1) is 23.9. The van der Waals surface area contributed by atoms with Gasteiger partial charge in [-0.1, -0.05) is 24.3 Å². The van der Waals surface area contributed by atoms with Gasteiger partial charge in [-0.05, 0) is 74.2 Å². The minimum atomic E-state index is 0.0690. The highest BCUT2D eigenvalue weighted by Crippen LogP contribution is 2.34. The fraction of sp³-hybridized carbons (Fsp3) is 0.333. The molecule has 1 saturated heterocycles. The molecule has 0 aliphatic carbocycles. The predicted molar refractivity (Wildman–Crippen MR) is 143 cm³/mol. The lowest BCUT2D eigenvalue weighted by Gasteiger charge is -2.18. The van der Waals surface area contributed by atoms with Crippen LogP contribution >= 0.6 is 0 Å². The number of ether oxygens (including phenoxy) is 2. The third-order valence-electron chi connectivity index (χ3n) is 7.06. The number of carbonyl (C=O) groups is 1. The number of hydrogen-bond donors (Lipinski definition) is 0. The molecule has 6 nitrogen and oxygen atoms in total. The average Bonchev–Trinajstić information content (AvgIpc) is 3.46. The van der Waals surface area contributed by atoms with Crippen molar-refractivity contribution in [2.24, 2.45) is 0 Å². The lowest BCUT2D eigenvalue weighted by Crippen LogP contribution is -2.24. The van der Waals surface area contributed by atoms with Gasteiger partial charge in [0.05, 0.1) is 24.8 Å². The van der Waals surface area contributed by atoms with Gasteiger partial charge >= 0.3 is 0 Å². The smallest absolute Gasteiger partial charge is 0.227 e. The number of carbonyl (C=O) groups excluding carboxylic acids is 1. The number of hydrogen-bond acceptors (Lipinski definition) is 4. The van der Waals surface area contributed by atoms with Crippen LogP contribution in [0.5, 0.6) is 11.5 Å². The average molecular weight is 484 g/mol. The van der Waals surface area contributed by atoms with Crippen LogP contribution in [0.4, 0.5) is 5.69 Å². The summed E-state index contributed by atoms with van der Waals surface area (Å²) in [7, 11) is 1.66. The summed E-state index contributed by atoms with van der Waals surface area (Å²) in [4.78, 5) is 19.9. The van der Waals surface area contributed by atoms with Crippen molar-refractivity contribution in [2.45, 2.75) is 45.6 Å². The zero-order valence-electron chi connectivity index (χ0n) is 21.2. The summed E-state index contributed by atoms with van der Waals surface area (Å²) in [5.41, 5.74) is 5.52. The lowest BCUT2D eigenvalue weighted by molar-refractivity contribution is -0.117. The standard InChI is InChI=1S/C30H33N3O3/c1-21-13-14-24(17-22(21)2)33-20-23(18-29(33)34)30-31-27-11-4-5-12-28(27)32(30)15-6-7-16-36-26-10-8-9-25(19-26)35-3/h4-5,8-14,17,19,23H,6-7,15-16,18,20H2,1-3H3. The summed E-state index contributed by atoms with van der Waals surface area (Å²) in [5.74, 6) is 2.85. The first-order valence-corrected chi connectivity index (χ1v) is 12.6. The van der Waals surface area contributed by atoms with Crippen LogP contribution in [0, 0.1) is 13.8 Å². The second-order valence-electron chi connectivity index (χ2n) is 9.52. The molecule has 186 valence electrons. The van der Waals surface area contributed by atoms with E-state index in [-0.39, 0.29) is 11.8 Å². The van der Waals surface area contributed by atoms with Crippen LogP contribution in [0.25, 0.3) is 11.0 Å². The Hall–Kier alpha value is -3.80. The maximum absolute atomic E-state index is 13.0. The third kappa shape index (κ3) is 4.94. The number of methoxy groups -OCH3 is 1. The van der Waals surface area contributed by atoms with Crippen LogP contribution in [-0.4, -0.2) is 35.7 Å². The molecule has 2 heterocycles. The molecule has 36 heavy (non-hydrogen) atoms. The van der Waals surface area contributed by atoms with Crippen molar-refractivity contribution in [2.75, 3.05) is 25.2 Å². The number of para-hydroxylation sites is 2. The monoisotopic (exact) mass is 483 g/mol. The van der Waals surface area contributed by atoms with Gasteiger partial charge in [0.1, 0.15) is 17.3 Å². The molecule has 0 N–H and O–H groups in total. The molecule has 5 rings (SSSR count). The van der Waals surface area contributed by atoms with E-state index >= 15 is 0 Å². The molecule has 1 aromatic heterocycles. The molecule has 0 bridgehead atoms. The Bertz CT molecular complexity index is 1380. The summed E-state index contributed by atoms with van der Waals surface area (Å²) in [6.45, 7) is 6.32. The van der Waals surface area contributed by atoms with E-state index in [1.165, 1.54) is 11.1 Å². The van der Waals surface area contributed by atoms with Crippen LogP contribution in [0.1, 0.15) is 42.1 Å². The molecule has 0 spiro atoms. The van der Waals surface area contributed by atoms with Gasteiger partial charge in [-0.2, -0.15) is 0 Å². The highest BCUT2D eigenvalue weighted by molar-refractivity contribution is 5.96. The fourth-order valence-corrected chi connectivity index (χ4v) is 4.92. The van der Waals surface area contributed by atoms with E-state index in [1.54, 1.807) is 7.11 Å². The van der Waals surface area contributed by atoms with Gasteiger partial charge in [-0.3, -0.25) is 4.79 Å². The van der Waals surface area contributed by atoms with E-state index in [1.807, 2.05) is 41.3 Å². The van der Waals surface area contributed by atoms with Crippen LogP contribution in [0.2, 0.25) is 0 Å². The highest BCUT2D eigenvalue weighted by Gasteiger charge is 2.34. The van der Waals surface area contributed by atoms with Crippen LogP contribution in [-0.2, 0) is 11.3 Å². The van der Waals surface area contributed by atoms with E-state index in [9.17, 15) is 4.79 Å². The minimum Gasteiger partial charge on any atom is -0.497 e. The molecule has 1 fully saturated rings. The number of nitrogens with zero attached hydrogens (tertiary/aromatic N) is 3. The number of aromatic nitrogens is 2. The van der Waals surface area contributed by atoms with Crippen LogP contribution in [0.3, 0.4) is 0 Å². The maximum Gasteiger partial charge on any atom is 0.227 e. The van der Waals surface area contributed by atoms with E-state index in [4.69, 9.17) is 14.5 Å². The Morgan fingerprint density at radius 2 is 1.78 bits per heavy atom. The molecule has 0 radical (unpaired) electrons. The zero-order valence-corrected chi connectivity index (χ0v) is 21.2. The van der Waals surface area contributed by atoms with Crippen LogP contribution < -0.4 is 14.4 Å². The molecule has 1 unspecified atom stereocenters. The van der Waals surface area contributed by atoms with Crippen molar-refractivity contribution >= 4 is 22.6 Å². The Balaban J connectivity index is 1.29. The molecule has 0 saturated carbocycles. The van der Waals surface area contributed by atoms with Crippen LogP contribution in [0.15, 0.2) is 66.7 Å². The number of fused-ring (bicyclic) bond motifs is 1. The molecular weight excluding hydrogens is 450 g/mol. The summed E-state index contributed by atoms with van der Waals surface area (Å²) in [6, 6.07) is 22.2. The third-order valence-corrected chi connectivity index (χ3v) is 7.06. The van der Waals surface area contributed by atoms with Gasteiger partial charge in [-0.25, -0.2) is 4.98 Å². The largest absolute Gasteiger partial charge is 0.497 e. The van der Waals surface area contributed by atoms with E-state index in [0.29, 0.717) is 19.6 Å². The predicted octanol–water partition coefficient (Wildman–Crippen LogP) is 6.04. The topological polar surface area (TPSA) is 56.6 Å². The van der Waals surface area contributed by atoms with Crippen molar-refractivity contribution < 1.29 is 14.3 Å². The van der Waals surface area contributed by atoms with Crippen molar-refractivity contribution in [3.8, 4) is 11.5 Å².